The number of nitrogens with zero attached hydrogens (tertiary/aromatic N) is 2. The summed E-state index contributed by atoms with van der Waals surface area (Å²) in [4.78, 5) is 0. The Bertz CT molecular complexity index is 772. The fourth-order valence-corrected chi connectivity index (χ4v) is 2.03. The summed E-state index contributed by atoms with van der Waals surface area (Å²) in [6.07, 6.45) is -4.40. The Labute approximate surface area is 136 Å². The van der Waals surface area contributed by atoms with Gasteiger partial charge in [-0.2, -0.15) is 23.7 Å². The van der Waals surface area contributed by atoms with Gasteiger partial charge in [-0.25, -0.2) is 0 Å². The molecule has 0 aromatic heterocycles. The summed E-state index contributed by atoms with van der Waals surface area (Å²) in [5.41, 5.74) is 1.69. The van der Waals surface area contributed by atoms with Crippen LogP contribution in [0.2, 0.25) is 0 Å². The van der Waals surface area contributed by atoms with E-state index < -0.39 is 12.8 Å². The van der Waals surface area contributed by atoms with Gasteiger partial charge in [0.05, 0.1) is 16.8 Å². The number of halogens is 3. The topological polar surface area (TPSA) is 68.8 Å². The fourth-order valence-electron chi connectivity index (χ4n) is 2.03. The summed E-state index contributed by atoms with van der Waals surface area (Å²) in [7, 11) is 0. The summed E-state index contributed by atoms with van der Waals surface area (Å²) in [5, 5.41) is 21.2. The molecule has 0 fully saturated rings. The molecule has 0 unspecified atom stereocenters. The van der Waals surface area contributed by atoms with Crippen LogP contribution in [0.3, 0.4) is 0 Å². The Balaban J connectivity index is 2.11. The molecule has 0 amide bonds. The zero-order chi connectivity index (χ0) is 17.6. The lowest BCUT2D eigenvalue weighted by Gasteiger charge is -2.12. The maximum Gasteiger partial charge on any atom is 0.422 e. The van der Waals surface area contributed by atoms with E-state index in [9.17, 15) is 13.2 Å². The number of anilines is 1. The van der Waals surface area contributed by atoms with E-state index in [2.05, 4.69) is 5.32 Å². The summed E-state index contributed by atoms with van der Waals surface area (Å²) >= 11 is 0. The van der Waals surface area contributed by atoms with Crippen LogP contribution in [-0.2, 0) is 6.54 Å². The minimum Gasteiger partial charge on any atom is -0.484 e. The molecule has 122 valence electrons. The molecular formula is C17H12F3N3O. The van der Waals surface area contributed by atoms with E-state index in [-0.39, 0.29) is 12.3 Å². The van der Waals surface area contributed by atoms with Crippen molar-refractivity contribution in [2.75, 3.05) is 11.9 Å². The van der Waals surface area contributed by atoms with Crippen molar-refractivity contribution in [1.82, 2.24) is 0 Å². The summed E-state index contributed by atoms with van der Waals surface area (Å²) in [5.74, 6) is 0.0979. The highest BCUT2D eigenvalue weighted by Gasteiger charge is 2.28. The molecule has 4 nitrogen and oxygen atoms in total. The van der Waals surface area contributed by atoms with Gasteiger partial charge in [-0.3, -0.25) is 0 Å². The third-order valence-electron chi connectivity index (χ3n) is 3.08. The summed E-state index contributed by atoms with van der Waals surface area (Å²) < 4.78 is 41.2. The predicted molar refractivity (Wildman–Crippen MR) is 81.2 cm³/mol. The Morgan fingerprint density at radius 2 is 1.62 bits per heavy atom. The lowest BCUT2D eigenvalue weighted by molar-refractivity contribution is -0.153. The van der Waals surface area contributed by atoms with Crippen LogP contribution in [0.25, 0.3) is 0 Å². The Kier molecular flexibility index (Phi) is 5.28. The first-order valence-electron chi connectivity index (χ1n) is 6.88. The second-order valence-electron chi connectivity index (χ2n) is 4.86. The van der Waals surface area contributed by atoms with Gasteiger partial charge in [-0.1, -0.05) is 18.2 Å². The van der Waals surface area contributed by atoms with Crippen molar-refractivity contribution >= 4 is 5.69 Å². The number of alkyl halides is 3. The van der Waals surface area contributed by atoms with Gasteiger partial charge in [0.2, 0.25) is 0 Å². The second-order valence-corrected chi connectivity index (χ2v) is 4.86. The first-order chi connectivity index (χ1) is 11.4. The quantitative estimate of drug-likeness (QED) is 0.899. The van der Waals surface area contributed by atoms with E-state index >= 15 is 0 Å². The zero-order valence-corrected chi connectivity index (χ0v) is 12.4. The van der Waals surface area contributed by atoms with Crippen molar-refractivity contribution in [3.05, 3.63) is 59.2 Å². The van der Waals surface area contributed by atoms with Crippen molar-refractivity contribution in [1.29, 1.82) is 10.5 Å². The molecule has 0 saturated heterocycles. The minimum absolute atomic E-state index is 0.0979. The molecule has 0 aliphatic rings. The molecule has 0 atom stereocenters. The molecule has 0 aliphatic heterocycles. The Morgan fingerprint density at radius 1 is 1.00 bits per heavy atom. The van der Waals surface area contributed by atoms with E-state index in [0.717, 1.165) is 0 Å². The molecule has 7 heteroatoms. The van der Waals surface area contributed by atoms with Crippen LogP contribution in [0.1, 0.15) is 16.7 Å². The summed E-state index contributed by atoms with van der Waals surface area (Å²) in [6.45, 7) is -1.13. The van der Waals surface area contributed by atoms with Crippen LogP contribution < -0.4 is 10.1 Å². The molecule has 0 heterocycles. The van der Waals surface area contributed by atoms with E-state index in [4.69, 9.17) is 15.3 Å². The van der Waals surface area contributed by atoms with Crippen molar-refractivity contribution in [2.45, 2.75) is 12.7 Å². The highest BCUT2D eigenvalue weighted by atomic mass is 19.4. The predicted octanol–water partition coefficient (Wildman–Crippen LogP) is 3.98. The third kappa shape index (κ3) is 4.65. The molecule has 0 bridgehead atoms. The summed E-state index contributed by atoms with van der Waals surface area (Å²) in [6, 6.07) is 14.9. The molecule has 0 spiro atoms. The standard InChI is InChI=1S/C17H12F3N3O/c18-17(19,20)11-24-15-6-1-3-12(7-15)10-23-16-13(8-21)4-2-5-14(16)9-22/h1-7,23H,10-11H2. The van der Waals surface area contributed by atoms with Crippen LogP contribution in [0.4, 0.5) is 18.9 Å². The molecular weight excluding hydrogens is 319 g/mol. The van der Waals surface area contributed by atoms with Crippen LogP contribution in [0.5, 0.6) is 5.75 Å². The van der Waals surface area contributed by atoms with Crippen molar-refractivity contribution in [3.8, 4) is 17.9 Å². The molecule has 0 radical (unpaired) electrons. The van der Waals surface area contributed by atoms with Crippen molar-refractivity contribution in [2.24, 2.45) is 0 Å². The number of benzene rings is 2. The number of rotatable bonds is 5. The molecule has 2 aromatic rings. The fraction of sp³-hybridized carbons (Fsp3) is 0.176. The van der Waals surface area contributed by atoms with Gasteiger partial charge in [0.25, 0.3) is 0 Å². The Morgan fingerprint density at radius 3 is 2.21 bits per heavy atom. The average molecular weight is 331 g/mol. The van der Waals surface area contributed by atoms with Gasteiger partial charge >= 0.3 is 6.18 Å². The highest BCUT2D eigenvalue weighted by Crippen LogP contribution is 2.23. The smallest absolute Gasteiger partial charge is 0.422 e. The number of nitriles is 2. The lowest BCUT2D eigenvalue weighted by Crippen LogP contribution is -2.19. The largest absolute Gasteiger partial charge is 0.484 e. The van der Waals surface area contributed by atoms with Crippen LogP contribution >= 0.6 is 0 Å². The third-order valence-corrected chi connectivity index (χ3v) is 3.08. The van der Waals surface area contributed by atoms with Gasteiger partial charge in [-0.05, 0) is 29.8 Å². The van der Waals surface area contributed by atoms with Crippen LogP contribution in [-0.4, -0.2) is 12.8 Å². The molecule has 2 rings (SSSR count). The van der Waals surface area contributed by atoms with E-state index in [1.807, 2.05) is 12.1 Å². The van der Waals surface area contributed by atoms with Gasteiger partial charge in [-0.15, -0.1) is 0 Å². The first-order valence-corrected chi connectivity index (χ1v) is 6.88. The second kappa shape index (κ2) is 7.38. The maximum atomic E-state index is 12.2. The normalized spacial score (nSPS) is 10.5. The van der Waals surface area contributed by atoms with Crippen LogP contribution in [0.15, 0.2) is 42.5 Å². The zero-order valence-electron chi connectivity index (χ0n) is 12.4. The molecule has 2 aromatic carbocycles. The van der Waals surface area contributed by atoms with Gasteiger partial charge < -0.3 is 10.1 Å². The minimum atomic E-state index is -4.40. The monoisotopic (exact) mass is 331 g/mol. The Hall–Kier alpha value is -3.19. The average Bonchev–Trinajstić information content (AvgIpc) is 2.57. The number of para-hydroxylation sites is 1. The molecule has 1 N–H and O–H groups in total. The van der Waals surface area contributed by atoms with E-state index in [1.165, 1.54) is 12.1 Å². The van der Waals surface area contributed by atoms with E-state index in [1.54, 1.807) is 30.3 Å². The van der Waals surface area contributed by atoms with E-state index in [0.29, 0.717) is 22.4 Å². The first kappa shape index (κ1) is 17.2. The lowest BCUT2D eigenvalue weighted by atomic mass is 10.1. The maximum absolute atomic E-state index is 12.2. The highest BCUT2D eigenvalue weighted by molar-refractivity contribution is 5.66. The number of nitrogens with one attached hydrogen (secondary N) is 1. The molecule has 24 heavy (non-hydrogen) atoms. The molecule has 0 saturated carbocycles. The van der Waals surface area contributed by atoms with Gasteiger partial charge in [0.1, 0.15) is 17.9 Å². The number of hydrogen-bond acceptors (Lipinski definition) is 4. The van der Waals surface area contributed by atoms with Crippen LogP contribution in [0, 0.1) is 22.7 Å². The van der Waals surface area contributed by atoms with Crippen molar-refractivity contribution in [3.63, 3.8) is 0 Å². The number of ether oxygens (including phenoxy) is 1. The SMILES string of the molecule is N#Cc1cccc(C#N)c1NCc1cccc(OCC(F)(F)F)c1. The van der Waals surface area contributed by atoms with Crippen molar-refractivity contribution < 1.29 is 17.9 Å². The number of hydrogen-bond donors (Lipinski definition) is 1. The van der Waals surface area contributed by atoms with Gasteiger partial charge in [0.15, 0.2) is 6.61 Å². The van der Waals surface area contributed by atoms with Gasteiger partial charge in [0, 0.05) is 6.54 Å². The molecule has 0 aliphatic carbocycles.